The number of carbonyl (C=O) groups is 5. The lowest BCUT2D eigenvalue weighted by atomic mass is 9.85. The second-order valence-electron chi connectivity index (χ2n) is 19.3. The van der Waals surface area contributed by atoms with Gasteiger partial charge in [-0.1, -0.05) is 53.5 Å². The molecule has 0 saturated heterocycles. The van der Waals surface area contributed by atoms with Gasteiger partial charge in [-0.05, 0) is 82.4 Å². The molecule has 1 aromatic carbocycles. The van der Waals surface area contributed by atoms with Crippen molar-refractivity contribution in [2.24, 2.45) is 11.3 Å². The molecule has 0 spiro atoms. The highest BCUT2D eigenvalue weighted by molar-refractivity contribution is 7.56. The molecule has 0 unspecified atom stereocenters. The minimum atomic E-state index is -4.75. The Balaban J connectivity index is 1.36. The van der Waals surface area contributed by atoms with Gasteiger partial charge < -0.3 is 54.0 Å². The number of benzene rings is 1. The van der Waals surface area contributed by atoms with Gasteiger partial charge in [0.05, 0.1) is 38.1 Å². The van der Waals surface area contributed by atoms with Gasteiger partial charge in [0.2, 0.25) is 25.4 Å². The maximum atomic E-state index is 15.1. The van der Waals surface area contributed by atoms with Gasteiger partial charge in [-0.15, -0.1) is 17.9 Å². The van der Waals surface area contributed by atoms with Crippen LogP contribution in [0, 0.1) is 11.3 Å². The van der Waals surface area contributed by atoms with Gasteiger partial charge in [0.1, 0.15) is 46.4 Å². The number of alkyl carbamates (subject to hydrolysis) is 1. The maximum absolute atomic E-state index is 15.1. The summed E-state index contributed by atoms with van der Waals surface area (Å²) in [7, 11) is -3.21. The molecule has 2 aromatic heterocycles. The lowest BCUT2D eigenvalue weighted by Gasteiger charge is -2.36. The Kier molecular flexibility index (Phi) is 19.5. The van der Waals surface area contributed by atoms with Gasteiger partial charge in [-0.2, -0.15) is 0 Å². The largest absolute Gasteiger partial charge is 0.510 e. The quantitative estimate of drug-likeness (QED) is 0.0178. The Labute approximate surface area is 429 Å². The van der Waals surface area contributed by atoms with Gasteiger partial charge in [-0.3, -0.25) is 23.2 Å². The molecule has 2 fully saturated rings. The summed E-state index contributed by atoms with van der Waals surface area (Å²) in [5.41, 5.74) is 0.635. The van der Waals surface area contributed by atoms with Crippen LogP contribution in [0.1, 0.15) is 106 Å². The lowest BCUT2D eigenvalue weighted by molar-refractivity contribution is -0.141. The molecule has 23 heteroatoms. The van der Waals surface area contributed by atoms with E-state index in [9.17, 15) is 14.4 Å². The van der Waals surface area contributed by atoms with E-state index in [1.165, 1.54) is 28.4 Å². The van der Waals surface area contributed by atoms with Crippen molar-refractivity contribution in [3.05, 3.63) is 54.1 Å². The first-order chi connectivity index (χ1) is 34.8. The van der Waals surface area contributed by atoms with Crippen LogP contribution in [0.4, 0.5) is 19.5 Å². The zero-order valence-corrected chi connectivity index (χ0v) is 44.6. The Morgan fingerprint density at radius 2 is 1.60 bits per heavy atom. The van der Waals surface area contributed by atoms with Crippen LogP contribution in [0.15, 0.2) is 54.1 Å². The van der Waals surface area contributed by atoms with E-state index >= 15 is 14.2 Å². The molecule has 400 valence electrons. The van der Waals surface area contributed by atoms with Crippen molar-refractivity contribution in [2.45, 2.75) is 136 Å². The summed E-state index contributed by atoms with van der Waals surface area (Å²) in [5.74, 6) is -1.27. The Bertz CT molecular complexity index is 2490. The first-order valence-corrected chi connectivity index (χ1v) is 27.1. The van der Waals surface area contributed by atoms with E-state index in [0.29, 0.717) is 64.6 Å². The fourth-order valence-corrected chi connectivity index (χ4v) is 11.1. The molecule has 3 amide bonds. The minimum Gasteiger partial charge on any atom is -0.497 e. The van der Waals surface area contributed by atoms with Crippen LogP contribution in [-0.4, -0.2) is 115 Å². The molecule has 4 atom stereocenters. The number of hydrogen-bond acceptors (Lipinski definition) is 19. The molecule has 3 aromatic rings. The van der Waals surface area contributed by atoms with E-state index in [1.54, 1.807) is 52.1 Å². The van der Waals surface area contributed by atoms with Gasteiger partial charge in [0, 0.05) is 34.9 Å². The number of ether oxygens (including phenoxy) is 7. The number of amides is 3. The summed E-state index contributed by atoms with van der Waals surface area (Å²) in [6.07, 6.45) is 5.37. The molecule has 1 aliphatic heterocycles. The molecule has 3 N–H and O–H groups in total. The molecular formula is C50H69N6O15PS. The monoisotopic (exact) mass is 1060 g/mol. The second kappa shape index (κ2) is 25.3. The number of methoxy groups -OCH3 is 1. The van der Waals surface area contributed by atoms with Crippen molar-refractivity contribution in [3.63, 3.8) is 0 Å². The van der Waals surface area contributed by atoms with Gasteiger partial charge in [0.25, 0.3) is 0 Å². The first kappa shape index (κ1) is 56.3. The van der Waals surface area contributed by atoms with E-state index in [2.05, 4.69) is 22.5 Å². The van der Waals surface area contributed by atoms with E-state index in [4.69, 9.17) is 52.2 Å². The predicted molar refractivity (Wildman–Crippen MR) is 271 cm³/mol. The highest BCUT2D eigenvalue weighted by Gasteiger charge is 2.69. The average molecular weight is 1060 g/mol. The Morgan fingerprint density at radius 3 is 2.18 bits per heavy atom. The summed E-state index contributed by atoms with van der Waals surface area (Å²) in [5, 5.41) is 10.2. The SMILES string of the molecule is C=C[C@@H]1C[C@]1(NC(=O)[C@@H]1C=C(Oc2cc(-c3csc(NC(C)C)n3)nc3cc(OC)ccc23)CN1C(=O)[C@@H](NC(=O)OC1CCCC1)C(C)(C)C)P(=O)(OCOC(=O)OCCCC)OCOC(=O)OCCCC. The molecule has 6 rings (SSSR count). The zero-order valence-electron chi connectivity index (χ0n) is 42.9. The topological polar surface area (TPSA) is 251 Å². The number of fused-ring (bicyclic) bond motifs is 1. The number of hydrogen-bond donors (Lipinski definition) is 3. The van der Waals surface area contributed by atoms with Gasteiger partial charge in [0.15, 0.2) is 5.13 Å². The second-order valence-corrected chi connectivity index (χ2v) is 22.4. The molecule has 3 heterocycles. The van der Waals surface area contributed by atoms with E-state index < -0.39 is 80.1 Å². The summed E-state index contributed by atoms with van der Waals surface area (Å²) >= 11 is 1.41. The number of anilines is 1. The first-order valence-electron chi connectivity index (χ1n) is 24.6. The van der Waals surface area contributed by atoms with Crippen molar-refractivity contribution in [3.8, 4) is 22.9 Å². The fraction of sp³-hybridized carbons (Fsp3) is 0.580. The molecular weight excluding hydrogens is 988 g/mol. The normalized spacial score (nSPS) is 19.1. The minimum absolute atomic E-state index is 0.0609. The van der Waals surface area contributed by atoms with Crippen LogP contribution in [0.25, 0.3) is 22.3 Å². The van der Waals surface area contributed by atoms with Crippen molar-refractivity contribution >= 4 is 65.2 Å². The Hall–Kier alpha value is -5.96. The lowest BCUT2D eigenvalue weighted by Crippen LogP contribution is -2.59. The number of nitrogens with one attached hydrogen (secondary N) is 3. The third kappa shape index (κ3) is 14.6. The van der Waals surface area contributed by atoms with Crippen molar-refractivity contribution in [1.82, 2.24) is 25.5 Å². The molecule has 2 saturated carbocycles. The maximum Gasteiger partial charge on any atom is 0.510 e. The zero-order chi connectivity index (χ0) is 52.9. The van der Waals surface area contributed by atoms with Crippen molar-refractivity contribution < 1.29 is 70.7 Å². The molecule has 3 aliphatic rings. The third-order valence-corrected chi connectivity index (χ3v) is 15.5. The van der Waals surface area contributed by atoms with Crippen LogP contribution >= 0.6 is 18.9 Å². The van der Waals surface area contributed by atoms with E-state index in [0.717, 1.165) is 25.7 Å². The molecule has 73 heavy (non-hydrogen) atoms. The van der Waals surface area contributed by atoms with Gasteiger partial charge >= 0.3 is 26.0 Å². The summed E-state index contributed by atoms with van der Waals surface area (Å²) in [6, 6.07) is 4.42. The number of carbonyl (C=O) groups excluding carboxylic acids is 5. The van der Waals surface area contributed by atoms with Crippen LogP contribution < -0.4 is 25.4 Å². The predicted octanol–water partition coefficient (Wildman–Crippen LogP) is 9.81. The summed E-state index contributed by atoms with van der Waals surface area (Å²) in [6.45, 7) is 15.0. The molecule has 2 aliphatic carbocycles. The standard InChI is InChI=1S/C50H69N6O15PS/c1-10-13-21-64-47(60)66-29-68-72(62,69-30-67-48(61)65-22-14-11-2)50(26-32(50)12-3)55-43(57)40-24-35(27-56(40)44(58)42(49(6,7)8)54-46(59)71-33-17-15-16-18-33)70-41-25-38(39-28-73-45(53-39)51-31(4)5)52-37-23-34(63-9)19-20-36(37)41/h12,19-20,23-25,28,31-33,40,42H,3,10-11,13-18,21-22,26-27,29-30H2,1-2,4-9H3,(H,51,53)(H,54,59)(H,55,57)/t32-,40+,42-,50+/m1/s1. The molecule has 0 bridgehead atoms. The van der Waals surface area contributed by atoms with E-state index in [1.807, 2.05) is 33.1 Å². The van der Waals surface area contributed by atoms with Crippen LogP contribution in [0.3, 0.4) is 0 Å². The van der Waals surface area contributed by atoms with Crippen LogP contribution in [0.5, 0.6) is 11.5 Å². The number of aromatic nitrogens is 2. The third-order valence-electron chi connectivity index (χ3n) is 12.2. The van der Waals surface area contributed by atoms with Crippen LogP contribution in [-0.2, 0) is 46.9 Å². The number of nitrogens with zero attached hydrogens (tertiary/aromatic N) is 3. The number of rotatable bonds is 25. The Morgan fingerprint density at radius 1 is 0.945 bits per heavy atom. The van der Waals surface area contributed by atoms with Crippen LogP contribution in [0.2, 0.25) is 0 Å². The van der Waals surface area contributed by atoms with Crippen molar-refractivity contribution in [2.75, 3.05) is 45.8 Å². The number of unbranched alkanes of at least 4 members (excludes halogenated alkanes) is 2. The highest BCUT2D eigenvalue weighted by atomic mass is 32.1. The van der Waals surface area contributed by atoms with E-state index in [-0.39, 0.29) is 44.1 Å². The average Bonchev–Trinajstić information content (AvgIpc) is 3.74. The summed E-state index contributed by atoms with van der Waals surface area (Å²) < 4.78 is 64.7. The number of pyridine rings is 1. The van der Waals surface area contributed by atoms with Crippen molar-refractivity contribution in [1.29, 1.82) is 0 Å². The van der Waals surface area contributed by atoms with Gasteiger partial charge in [-0.25, -0.2) is 24.4 Å². The number of thiazole rings is 1. The highest BCUT2D eigenvalue weighted by Crippen LogP contribution is 2.73. The fourth-order valence-electron chi connectivity index (χ4n) is 8.18. The smallest absolute Gasteiger partial charge is 0.497 e. The summed E-state index contributed by atoms with van der Waals surface area (Å²) in [4.78, 5) is 79.3. The molecule has 21 nitrogen and oxygen atoms in total. The molecule has 0 radical (unpaired) electrons.